The zero-order chi connectivity index (χ0) is 20.3. The minimum absolute atomic E-state index is 0.0482. The Kier molecular flexibility index (Phi) is 6.43. The van der Waals surface area contributed by atoms with Crippen LogP contribution in [0.25, 0.3) is 0 Å². The lowest BCUT2D eigenvalue weighted by molar-refractivity contribution is -0.139. The first-order chi connectivity index (χ1) is 13.2. The molecule has 1 N–H and O–H groups in total. The smallest absolute Gasteiger partial charge is 0.222 e. The van der Waals surface area contributed by atoms with E-state index >= 15 is 0 Å². The summed E-state index contributed by atoms with van der Waals surface area (Å²) >= 11 is 0. The van der Waals surface area contributed by atoms with E-state index in [1.807, 2.05) is 9.80 Å². The van der Waals surface area contributed by atoms with Gasteiger partial charge in [-0.25, -0.2) is 0 Å². The third-order valence-electron chi connectivity index (χ3n) is 6.05. The highest BCUT2D eigenvalue weighted by Crippen LogP contribution is 2.29. The van der Waals surface area contributed by atoms with E-state index in [0.29, 0.717) is 44.4 Å². The summed E-state index contributed by atoms with van der Waals surface area (Å²) in [7, 11) is 0. The molecule has 3 rings (SSSR count). The van der Waals surface area contributed by atoms with Crippen molar-refractivity contribution in [3.63, 3.8) is 0 Å². The van der Waals surface area contributed by atoms with E-state index in [4.69, 9.17) is 4.52 Å². The van der Waals surface area contributed by atoms with Crippen LogP contribution < -0.4 is 5.32 Å². The Morgan fingerprint density at radius 1 is 1.18 bits per heavy atom. The maximum Gasteiger partial charge on any atom is 0.222 e. The molecule has 0 aliphatic carbocycles. The van der Waals surface area contributed by atoms with E-state index in [0.717, 1.165) is 37.4 Å². The molecular weight excluding hydrogens is 356 g/mol. The maximum absolute atomic E-state index is 12.8. The molecule has 156 valence electrons. The topological polar surface area (TPSA) is 78.7 Å². The molecule has 1 aromatic rings. The summed E-state index contributed by atoms with van der Waals surface area (Å²) in [5, 5.41) is 7.74. The van der Waals surface area contributed by atoms with Crippen LogP contribution in [0.3, 0.4) is 0 Å². The van der Waals surface area contributed by atoms with Crippen molar-refractivity contribution in [3.8, 4) is 0 Å². The molecule has 0 unspecified atom stereocenters. The first-order valence-corrected chi connectivity index (χ1v) is 10.4. The van der Waals surface area contributed by atoms with Crippen molar-refractivity contribution in [2.45, 2.75) is 52.4 Å². The zero-order valence-corrected chi connectivity index (χ0v) is 17.7. The van der Waals surface area contributed by atoms with Crippen molar-refractivity contribution in [1.82, 2.24) is 20.3 Å². The van der Waals surface area contributed by atoms with Crippen LogP contribution in [0.5, 0.6) is 0 Å². The summed E-state index contributed by atoms with van der Waals surface area (Å²) in [6, 6.07) is 2.06. The number of piperidine rings is 1. The van der Waals surface area contributed by atoms with Gasteiger partial charge in [0.25, 0.3) is 0 Å². The first kappa shape index (κ1) is 20.8. The lowest BCUT2D eigenvalue weighted by atomic mass is 9.80. The molecule has 0 radical (unpaired) electrons. The number of amides is 2. The molecule has 0 aromatic carbocycles. The predicted molar refractivity (Wildman–Crippen MR) is 107 cm³/mol. The Morgan fingerprint density at radius 2 is 1.86 bits per heavy atom. The Hall–Kier alpha value is -1.89. The summed E-state index contributed by atoms with van der Waals surface area (Å²) in [6.07, 6.45) is 2.42. The number of nitrogens with zero attached hydrogens (tertiary/aromatic N) is 3. The van der Waals surface area contributed by atoms with Gasteiger partial charge in [-0.05, 0) is 37.8 Å². The largest absolute Gasteiger partial charge is 0.361 e. The number of hydrogen-bond donors (Lipinski definition) is 1. The highest BCUT2D eigenvalue weighted by atomic mass is 16.5. The van der Waals surface area contributed by atoms with Gasteiger partial charge in [0.15, 0.2) is 0 Å². The van der Waals surface area contributed by atoms with Crippen LogP contribution in [0.2, 0.25) is 0 Å². The van der Waals surface area contributed by atoms with Crippen LogP contribution in [0, 0.1) is 11.8 Å². The average Bonchev–Trinajstić information content (AvgIpc) is 3.12. The molecule has 3 heterocycles. The molecule has 7 nitrogen and oxygen atoms in total. The Balaban J connectivity index is 1.57. The van der Waals surface area contributed by atoms with Crippen molar-refractivity contribution in [3.05, 3.63) is 17.5 Å². The van der Waals surface area contributed by atoms with Gasteiger partial charge < -0.3 is 19.6 Å². The van der Waals surface area contributed by atoms with Gasteiger partial charge in [0, 0.05) is 51.0 Å². The number of rotatable bonds is 4. The predicted octanol–water partition coefficient (Wildman–Crippen LogP) is 1.82. The zero-order valence-electron chi connectivity index (χ0n) is 17.7. The molecule has 7 heteroatoms. The Bertz CT molecular complexity index is 686. The van der Waals surface area contributed by atoms with Crippen molar-refractivity contribution >= 4 is 11.8 Å². The van der Waals surface area contributed by atoms with Crippen molar-refractivity contribution < 1.29 is 14.1 Å². The fourth-order valence-electron chi connectivity index (χ4n) is 4.14. The first-order valence-electron chi connectivity index (χ1n) is 10.4. The molecule has 2 amide bonds. The average molecular weight is 391 g/mol. The third-order valence-corrected chi connectivity index (χ3v) is 6.05. The summed E-state index contributed by atoms with van der Waals surface area (Å²) in [4.78, 5) is 28.1. The van der Waals surface area contributed by atoms with E-state index in [2.05, 4.69) is 37.3 Å². The summed E-state index contributed by atoms with van der Waals surface area (Å²) in [5.41, 5.74) is 0.930. The fourth-order valence-corrected chi connectivity index (χ4v) is 4.14. The van der Waals surface area contributed by atoms with Gasteiger partial charge in [-0.3, -0.25) is 9.59 Å². The second-order valence-corrected chi connectivity index (χ2v) is 9.24. The lowest BCUT2D eigenvalue weighted by Gasteiger charge is -2.37. The molecule has 0 saturated carbocycles. The van der Waals surface area contributed by atoms with Gasteiger partial charge in [0.2, 0.25) is 11.8 Å². The van der Waals surface area contributed by atoms with Crippen LogP contribution in [0.4, 0.5) is 0 Å². The minimum atomic E-state index is -0.0482. The molecular formula is C21H34N4O3. The van der Waals surface area contributed by atoms with Crippen LogP contribution in [0.1, 0.15) is 52.0 Å². The lowest BCUT2D eigenvalue weighted by Crippen LogP contribution is -2.51. The number of nitrogens with one attached hydrogen (secondary N) is 1. The van der Waals surface area contributed by atoms with E-state index in [9.17, 15) is 9.59 Å². The second kappa shape index (κ2) is 8.64. The van der Waals surface area contributed by atoms with Crippen molar-refractivity contribution in [1.29, 1.82) is 0 Å². The normalized spacial score (nSPS) is 23.7. The van der Waals surface area contributed by atoms with Crippen LogP contribution in [-0.2, 0) is 21.4 Å². The highest BCUT2D eigenvalue weighted by molar-refractivity contribution is 5.77. The quantitative estimate of drug-likeness (QED) is 0.848. The van der Waals surface area contributed by atoms with Crippen LogP contribution in [0.15, 0.2) is 10.6 Å². The Labute approximate surface area is 167 Å². The van der Waals surface area contributed by atoms with Crippen molar-refractivity contribution in [2.24, 2.45) is 11.8 Å². The highest BCUT2D eigenvalue weighted by Gasteiger charge is 2.31. The number of hydrogen-bond acceptors (Lipinski definition) is 5. The van der Waals surface area contributed by atoms with E-state index in [-0.39, 0.29) is 17.2 Å². The molecule has 2 atom stereocenters. The van der Waals surface area contributed by atoms with Gasteiger partial charge in [-0.2, -0.15) is 0 Å². The monoisotopic (exact) mass is 390 g/mol. The van der Waals surface area contributed by atoms with Gasteiger partial charge in [-0.1, -0.05) is 25.9 Å². The van der Waals surface area contributed by atoms with E-state index < -0.39 is 0 Å². The Morgan fingerprint density at radius 3 is 2.46 bits per heavy atom. The summed E-state index contributed by atoms with van der Waals surface area (Å²) in [6.45, 7) is 12.4. The number of carbonyl (C=O) groups excluding carboxylic acids is 2. The van der Waals surface area contributed by atoms with E-state index in [1.54, 1.807) is 6.92 Å². The third kappa shape index (κ3) is 5.13. The van der Waals surface area contributed by atoms with Gasteiger partial charge in [-0.15, -0.1) is 0 Å². The van der Waals surface area contributed by atoms with E-state index in [1.165, 1.54) is 0 Å². The molecule has 2 aliphatic heterocycles. The number of aromatic nitrogens is 1. The standard InChI is InChI=1S/C21H34N4O3/c1-15(26)24-7-9-25(10-8-24)20(27)12-16-5-6-22-14-17(16)11-18-13-19(28-23-18)21(2,3)4/h13,16-17,22H,5-12,14H2,1-4H3/t16-,17+/m1/s1. The molecule has 2 aliphatic rings. The van der Waals surface area contributed by atoms with Crippen LogP contribution >= 0.6 is 0 Å². The number of piperazine rings is 1. The summed E-state index contributed by atoms with van der Waals surface area (Å²) < 4.78 is 5.53. The maximum atomic E-state index is 12.8. The molecule has 2 saturated heterocycles. The molecule has 1 aromatic heterocycles. The van der Waals surface area contributed by atoms with Gasteiger partial charge in [0.05, 0.1) is 5.69 Å². The molecule has 0 bridgehead atoms. The molecule has 2 fully saturated rings. The van der Waals surface area contributed by atoms with Crippen molar-refractivity contribution in [2.75, 3.05) is 39.3 Å². The van der Waals surface area contributed by atoms with Crippen LogP contribution in [-0.4, -0.2) is 66.0 Å². The van der Waals surface area contributed by atoms with Gasteiger partial charge >= 0.3 is 0 Å². The fraction of sp³-hybridized carbons (Fsp3) is 0.762. The minimum Gasteiger partial charge on any atom is -0.361 e. The molecule has 28 heavy (non-hydrogen) atoms. The summed E-state index contributed by atoms with van der Waals surface area (Å²) in [5.74, 6) is 1.95. The number of carbonyl (C=O) groups is 2. The second-order valence-electron chi connectivity index (χ2n) is 9.24. The SMILES string of the molecule is CC(=O)N1CCN(C(=O)C[C@H]2CCNC[C@@H]2Cc2cc(C(C)(C)C)on2)CC1. The molecule has 0 spiro atoms. The van der Waals surface area contributed by atoms with Gasteiger partial charge in [0.1, 0.15) is 5.76 Å².